The minimum Gasteiger partial charge on any atom is -0.293 e. The Labute approximate surface area is 234 Å². The van der Waals surface area contributed by atoms with Crippen molar-refractivity contribution in [1.29, 1.82) is 0 Å². The van der Waals surface area contributed by atoms with Crippen molar-refractivity contribution in [3.63, 3.8) is 0 Å². The number of nitrogens with one attached hydrogen (secondary N) is 1. The largest absolute Gasteiger partial charge is 0.293 e. The van der Waals surface area contributed by atoms with Gasteiger partial charge in [0, 0.05) is 35.0 Å². The SMILES string of the molecule is CC(=O)c1cc(-c2ccc(Cl)cc2)n[nH]1.CCCCCC(CC)n1nc(-c2ccc(Cl)cc2)cc1C(C)=O. The number of aromatic amines is 1. The molecule has 0 saturated carbocycles. The topological polar surface area (TPSA) is 80.6 Å². The fraction of sp³-hybridized carbons (Fsp3) is 0.333. The van der Waals surface area contributed by atoms with E-state index in [4.69, 9.17) is 28.3 Å². The zero-order chi connectivity index (χ0) is 27.7. The van der Waals surface area contributed by atoms with Gasteiger partial charge in [0.05, 0.1) is 17.4 Å². The molecule has 0 aliphatic rings. The zero-order valence-corrected chi connectivity index (χ0v) is 23.8. The number of rotatable bonds is 10. The highest BCUT2D eigenvalue weighted by molar-refractivity contribution is 6.30. The molecule has 0 radical (unpaired) electrons. The van der Waals surface area contributed by atoms with Crippen molar-refractivity contribution in [2.45, 2.75) is 65.8 Å². The minimum absolute atomic E-state index is 0.0253. The third-order valence-corrected chi connectivity index (χ3v) is 6.80. The summed E-state index contributed by atoms with van der Waals surface area (Å²) in [5.74, 6) is 0.0365. The van der Waals surface area contributed by atoms with Gasteiger partial charge in [-0.15, -0.1) is 0 Å². The summed E-state index contributed by atoms with van der Waals surface area (Å²) in [6, 6.07) is 18.8. The van der Waals surface area contributed by atoms with E-state index in [0.717, 1.165) is 35.4 Å². The van der Waals surface area contributed by atoms with Crippen LogP contribution in [0.2, 0.25) is 10.0 Å². The van der Waals surface area contributed by atoms with Crippen LogP contribution in [0.3, 0.4) is 0 Å². The molecule has 0 saturated heterocycles. The highest BCUT2D eigenvalue weighted by atomic mass is 35.5. The van der Waals surface area contributed by atoms with Crippen LogP contribution in [0.25, 0.3) is 22.5 Å². The smallest absolute Gasteiger partial charge is 0.177 e. The molecule has 38 heavy (non-hydrogen) atoms. The highest BCUT2D eigenvalue weighted by Gasteiger charge is 2.19. The molecule has 0 aliphatic carbocycles. The molecule has 200 valence electrons. The van der Waals surface area contributed by atoms with E-state index in [-0.39, 0.29) is 17.6 Å². The van der Waals surface area contributed by atoms with E-state index in [0.29, 0.717) is 21.4 Å². The van der Waals surface area contributed by atoms with Gasteiger partial charge in [-0.3, -0.25) is 19.4 Å². The zero-order valence-electron chi connectivity index (χ0n) is 22.3. The number of nitrogens with zero attached hydrogens (tertiary/aromatic N) is 3. The fourth-order valence-electron chi connectivity index (χ4n) is 4.10. The molecule has 0 bridgehead atoms. The predicted molar refractivity (Wildman–Crippen MR) is 155 cm³/mol. The van der Waals surface area contributed by atoms with Gasteiger partial charge in [-0.2, -0.15) is 10.2 Å². The predicted octanol–water partition coefficient (Wildman–Crippen LogP) is 8.87. The normalized spacial score (nSPS) is 11.5. The molecule has 1 N–H and O–H groups in total. The van der Waals surface area contributed by atoms with E-state index in [2.05, 4.69) is 24.0 Å². The molecular weight excluding hydrogens is 519 g/mol. The molecule has 6 nitrogen and oxygen atoms in total. The number of unbranched alkanes of at least 4 members (excludes halogenated alkanes) is 2. The first-order chi connectivity index (χ1) is 18.2. The van der Waals surface area contributed by atoms with Crippen molar-refractivity contribution in [3.8, 4) is 22.5 Å². The molecule has 4 aromatic rings. The van der Waals surface area contributed by atoms with Gasteiger partial charge in [0.1, 0.15) is 11.4 Å². The lowest BCUT2D eigenvalue weighted by atomic mass is 10.1. The van der Waals surface area contributed by atoms with Crippen LogP contribution in [0.5, 0.6) is 0 Å². The fourth-order valence-corrected chi connectivity index (χ4v) is 4.35. The molecule has 4 rings (SSSR count). The molecule has 2 aromatic heterocycles. The lowest BCUT2D eigenvalue weighted by Crippen LogP contribution is -2.15. The van der Waals surface area contributed by atoms with Crippen LogP contribution in [-0.2, 0) is 0 Å². The molecule has 0 amide bonds. The van der Waals surface area contributed by atoms with Crippen molar-refractivity contribution in [2.75, 3.05) is 0 Å². The van der Waals surface area contributed by atoms with Crippen LogP contribution in [-0.4, -0.2) is 31.5 Å². The Morgan fingerprint density at radius 1 is 0.842 bits per heavy atom. The lowest BCUT2D eigenvalue weighted by Gasteiger charge is -2.17. The Morgan fingerprint density at radius 2 is 1.42 bits per heavy atom. The number of Topliss-reactive ketones (excluding diaryl/α,β-unsaturated/α-hetero) is 2. The second-order valence-electron chi connectivity index (χ2n) is 9.21. The number of carbonyl (C=O) groups is 2. The molecule has 8 heteroatoms. The maximum absolute atomic E-state index is 12.0. The number of halogens is 2. The summed E-state index contributed by atoms with van der Waals surface area (Å²) in [5.41, 5.74) is 4.71. The van der Waals surface area contributed by atoms with E-state index in [1.54, 1.807) is 25.1 Å². The van der Waals surface area contributed by atoms with Gasteiger partial charge in [-0.25, -0.2) is 0 Å². The van der Waals surface area contributed by atoms with E-state index < -0.39 is 0 Å². The first-order valence-corrected chi connectivity index (χ1v) is 13.7. The number of ketones is 2. The summed E-state index contributed by atoms with van der Waals surface area (Å²) in [6.07, 6.45) is 5.63. The van der Waals surface area contributed by atoms with Gasteiger partial charge in [0.25, 0.3) is 0 Å². The summed E-state index contributed by atoms with van der Waals surface area (Å²) < 4.78 is 1.93. The van der Waals surface area contributed by atoms with Crippen LogP contribution in [0.15, 0.2) is 60.7 Å². The average Bonchev–Trinajstić information content (AvgIpc) is 3.57. The van der Waals surface area contributed by atoms with Gasteiger partial charge < -0.3 is 0 Å². The molecule has 2 heterocycles. The Kier molecular flexibility index (Phi) is 10.9. The van der Waals surface area contributed by atoms with E-state index in [1.807, 2.05) is 47.1 Å². The Bertz CT molecular complexity index is 1340. The summed E-state index contributed by atoms with van der Waals surface area (Å²) in [7, 11) is 0. The Morgan fingerprint density at radius 3 is 1.89 bits per heavy atom. The molecular formula is C30H34Cl2N4O2. The van der Waals surface area contributed by atoms with Crippen LogP contribution < -0.4 is 0 Å². The van der Waals surface area contributed by atoms with Crippen molar-refractivity contribution >= 4 is 34.8 Å². The molecule has 2 aromatic carbocycles. The van der Waals surface area contributed by atoms with E-state index in [9.17, 15) is 9.59 Å². The van der Waals surface area contributed by atoms with Crippen molar-refractivity contribution in [1.82, 2.24) is 20.0 Å². The van der Waals surface area contributed by atoms with Crippen molar-refractivity contribution in [3.05, 3.63) is 82.1 Å². The number of hydrogen-bond acceptors (Lipinski definition) is 4. The summed E-state index contributed by atoms with van der Waals surface area (Å²) in [5, 5.41) is 12.8. The monoisotopic (exact) mass is 552 g/mol. The number of hydrogen-bond donors (Lipinski definition) is 1. The van der Waals surface area contributed by atoms with E-state index in [1.165, 1.54) is 26.2 Å². The maximum Gasteiger partial charge on any atom is 0.177 e. The second kappa shape index (κ2) is 14.1. The first-order valence-electron chi connectivity index (χ1n) is 12.9. The molecule has 0 spiro atoms. The van der Waals surface area contributed by atoms with Gasteiger partial charge >= 0.3 is 0 Å². The second-order valence-corrected chi connectivity index (χ2v) is 10.1. The van der Waals surface area contributed by atoms with E-state index >= 15 is 0 Å². The van der Waals surface area contributed by atoms with Crippen LogP contribution in [0, 0.1) is 0 Å². The molecule has 0 aliphatic heterocycles. The number of H-pyrrole nitrogens is 1. The van der Waals surface area contributed by atoms with Crippen LogP contribution in [0.1, 0.15) is 86.8 Å². The average molecular weight is 554 g/mol. The first kappa shape index (κ1) is 29.3. The molecule has 1 unspecified atom stereocenters. The maximum atomic E-state index is 12.0. The van der Waals surface area contributed by atoms with Gasteiger partial charge in [-0.1, -0.05) is 80.6 Å². The quantitative estimate of drug-likeness (QED) is 0.157. The van der Waals surface area contributed by atoms with Gasteiger partial charge in [0.2, 0.25) is 0 Å². The summed E-state index contributed by atoms with van der Waals surface area (Å²) in [4.78, 5) is 23.1. The Balaban J connectivity index is 0.000000230. The van der Waals surface area contributed by atoms with Crippen molar-refractivity contribution in [2.24, 2.45) is 0 Å². The van der Waals surface area contributed by atoms with Gasteiger partial charge in [0.15, 0.2) is 11.6 Å². The third-order valence-electron chi connectivity index (χ3n) is 6.29. The van der Waals surface area contributed by atoms with Gasteiger partial charge in [-0.05, 0) is 49.2 Å². The molecule has 1 atom stereocenters. The van der Waals surface area contributed by atoms with Crippen LogP contribution >= 0.6 is 23.2 Å². The summed E-state index contributed by atoms with van der Waals surface area (Å²) in [6.45, 7) is 7.47. The lowest BCUT2D eigenvalue weighted by molar-refractivity contribution is 0.0994. The third kappa shape index (κ3) is 7.89. The number of aromatic nitrogens is 4. The highest BCUT2D eigenvalue weighted by Crippen LogP contribution is 2.27. The summed E-state index contributed by atoms with van der Waals surface area (Å²) >= 11 is 11.7. The molecule has 0 fully saturated rings. The van der Waals surface area contributed by atoms with Crippen LogP contribution in [0.4, 0.5) is 0 Å². The van der Waals surface area contributed by atoms with Crippen molar-refractivity contribution < 1.29 is 9.59 Å². The standard InChI is InChI=1S/C19H25ClN2O.C11H9ClN2O/c1-4-6-7-8-17(5-2)22-19(14(3)23)13-18(21-22)15-9-11-16(20)12-10-15;1-7(15)10-6-11(14-13-10)8-2-4-9(12)5-3-8/h9-13,17H,4-8H2,1-3H3;2-6H,1H3,(H,13,14). The Hall–Kier alpha value is -3.22. The number of carbonyl (C=O) groups excluding carboxylic acids is 2. The number of benzene rings is 2. The minimum atomic E-state index is -0.0253.